The van der Waals surface area contributed by atoms with Gasteiger partial charge in [-0.05, 0) is 105 Å². The van der Waals surface area contributed by atoms with E-state index in [2.05, 4.69) is 21.0 Å². The number of rotatable bonds is 15. The number of ether oxygens (including phenoxy) is 3. The third kappa shape index (κ3) is 8.82. The predicted octanol–water partition coefficient (Wildman–Crippen LogP) is 9.83. The summed E-state index contributed by atoms with van der Waals surface area (Å²) in [6.45, 7) is 4.45. The molecule has 2 atom stereocenters. The van der Waals surface area contributed by atoms with Crippen molar-refractivity contribution in [2.24, 2.45) is 0 Å². The molecule has 4 heterocycles. The molecular formula is C45H44BrF2N5O6S. The number of halogens is 3. The number of nitrogens with zero attached hydrogens (tertiary/aromatic N) is 5. The third-order valence-electron chi connectivity index (χ3n) is 10.6. The summed E-state index contributed by atoms with van der Waals surface area (Å²) >= 11 is 3.56. The van der Waals surface area contributed by atoms with Gasteiger partial charge in [0, 0.05) is 65.3 Å². The molecule has 60 heavy (non-hydrogen) atoms. The van der Waals surface area contributed by atoms with Gasteiger partial charge in [0.1, 0.15) is 17.8 Å². The fourth-order valence-electron chi connectivity index (χ4n) is 7.43. The van der Waals surface area contributed by atoms with Crippen LogP contribution in [-0.2, 0) is 25.9 Å². The zero-order valence-corrected chi connectivity index (χ0v) is 35.5. The van der Waals surface area contributed by atoms with Crippen molar-refractivity contribution in [1.82, 2.24) is 23.5 Å². The fourth-order valence-corrected chi connectivity index (χ4v) is 9.21. The van der Waals surface area contributed by atoms with Crippen molar-refractivity contribution in [3.8, 4) is 22.8 Å². The molecule has 0 aliphatic carbocycles. The lowest BCUT2D eigenvalue weighted by Gasteiger charge is -2.25. The molecule has 0 radical (unpaired) electrons. The third-order valence-corrected chi connectivity index (χ3v) is 12.8. The zero-order valence-electron chi connectivity index (χ0n) is 33.0. The van der Waals surface area contributed by atoms with Crippen molar-refractivity contribution < 1.29 is 36.5 Å². The van der Waals surface area contributed by atoms with E-state index < -0.39 is 27.3 Å². The largest absolute Gasteiger partial charge is 0.454 e. The summed E-state index contributed by atoms with van der Waals surface area (Å²) in [4.78, 5) is 0.0572. The molecular weight excluding hydrogens is 856 g/mol. The van der Waals surface area contributed by atoms with Gasteiger partial charge in [0.05, 0.1) is 40.6 Å². The van der Waals surface area contributed by atoms with Crippen LogP contribution in [0.1, 0.15) is 68.5 Å². The van der Waals surface area contributed by atoms with Crippen molar-refractivity contribution in [2.75, 3.05) is 19.8 Å². The highest BCUT2D eigenvalue weighted by atomic mass is 79.9. The van der Waals surface area contributed by atoms with Gasteiger partial charge in [-0.15, -0.1) is 0 Å². The van der Waals surface area contributed by atoms with Crippen LogP contribution >= 0.6 is 15.9 Å². The Kier molecular flexibility index (Phi) is 12.1. The summed E-state index contributed by atoms with van der Waals surface area (Å²) in [6, 6.07) is 24.1. The molecule has 3 aromatic heterocycles. The maximum absolute atomic E-state index is 16.6. The predicted molar refractivity (Wildman–Crippen MR) is 227 cm³/mol. The zero-order chi connectivity index (χ0) is 42.0. The van der Waals surface area contributed by atoms with Gasteiger partial charge in [-0.25, -0.2) is 25.9 Å². The molecule has 4 aromatic carbocycles. The Bertz CT molecular complexity index is 2730. The van der Waals surface area contributed by atoms with Gasteiger partial charge >= 0.3 is 0 Å². The van der Waals surface area contributed by atoms with Crippen molar-refractivity contribution in [1.29, 1.82) is 0 Å². The summed E-state index contributed by atoms with van der Waals surface area (Å²) in [5.41, 5.74) is 1.94. The number of hydrogen-bond donors (Lipinski definition) is 1. The SMILES string of the molecule is CC(C)(CO)OCCC(c1cccc(Br)c1)n1ccc(-c2cc(Oc3c(F)cc4c(ccn4S(=O)(=O)c4ccccc4)c3Cc3cnn(C4CCCCO4)c3)ccc2F)n1. The number of aliphatic hydroxyl groups is 1. The Morgan fingerprint density at radius 2 is 1.82 bits per heavy atom. The molecule has 0 saturated carbocycles. The Labute approximate surface area is 355 Å². The van der Waals surface area contributed by atoms with Gasteiger partial charge in [0.25, 0.3) is 10.0 Å². The van der Waals surface area contributed by atoms with Crippen molar-refractivity contribution in [3.05, 3.63) is 149 Å². The van der Waals surface area contributed by atoms with E-state index >= 15 is 8.78 Å². The van der Waals surface area contributed by atoms with Crippen LogP contribution in [0.25, 0.3) is 22.2 Å². The molecule has 8 rings (SSSR count). The molecule has 0 amide bonds. The number of aliphatic hydroxyl groups excluding tert-OH is 1. The molecule has 1 aliphatic rings. The van der Waals surface area contributed by atoms with Crippen molar-refractivity contribution >= 4 is 36.9 Å². The van der Waals surface area contributed by atoms with E-state index in [1.165, 1.54) is 36.5 Å². The molecule has 1 saturated heterocycles. The first-order chi connectivity index (χ1) is 28.9. The lowest BCUT2D eigenvalue weighted by atomic mass is 10.0. The van der Waals surface area contributed by atoms with E-state index in [1.807, 2.05) is 44.3 Å². The minimum absolute atomic E-state index is 0.0572. The Morgan fingerprint density at radius 1 is 0.983 bits per heavy atom. The molecule has 0 bridgehead atoms. The second kappa shape index (κ2) is 17.4. The highest BCUT2D eigenvalue weighted by molar-refractivity contribution is 9.10. The van der Waals surface area contributed by atoms with Gasteiger partial charge in [0.15, 0.2) is 11.6 Å². The first kappa shape index (κ1) is 41.5. The lowest BCUT2D eigenvalue weighted by molar-refractivity contribution is -0.0564. The maximum Gasteiger partial charge on any atom is 0.268 e. The second-order valence-electron chi connectivity index (χ2n) is 15.4. The molecule has 1 aliphatic heterocycles. The average Bonchev–Trinajstić information content (AvgIpc) is 4.03. The summed E-state index contributed by atoms with van der Waals surface area (Å²) in [7, 11) is -4.08. The van der Waals surface area contributed by atoms with Crippen molar-refractivity contribution in [2.45, 2.75) is 68.7 Å². The topological polar surface area (TPSA) is 123 Å². The van der Waals surface area contributed by atoms with E-state index in [0.29, 0.717) is 36.3 Å². The highest BCUT2D eigenvalue weighted by Gasteiger charge is 2.26. The Morgan fingerprint density at radius 3 is 2.58 bits per heavy atom. The molecule has 312 valence electrons. The smallest absolute Gasteiger partial charge is 0.268 e. The van der Waals surface area contributed by atoms with Crippen molar-refractivity contribution in [3.63, 3.8) is 0 Å². The number of fused-ring (bicyclic) bond motifs is 1. The minimum Gasteiger partial charge on any atom is -0.454 e. The molecule has 1 fully saturated rings. The minimum atomic E-state index is -4.08. The van der Waals surface area contributed by atoms with Gasteiger partial charge in [-0.1, -0.05) is 46.3 Å². The second-order valence-corrected chi connectivity index (χ2v) is 18.1. The monoisotopic (exact) mass is 899 g/mol. The molecule has 0 spiro atoms. The molecule has 11 nitrogen and oxygen atoms in total. The van der Waals surface area contributed by atoms with Crippen LogP contribution in [0, 0.1) is 11.6 Å². The Balaban J connectivity index is 1.15. The molecule has 15 heteroatoms. The standard InChI is InChI=1S/C45H44BrF2N5O6S/c1-45(2,29-54)58-22-18-41(31-9-8-10-32(46)24-31)51-19-17-40(50-51)37-25-33(14-15-38(37)47)59-44-36(23-30-27-49-52(28-30)43-13-6-7-21-57-43)35-16-20-53(42(35)26-39(44)48)60(55,56)34-11-4-3-5-12-34/h3-5,8-12,14-17,19-20,24-28,41,43,54H,6-7,13,18,21-23,29H2,1-2H3. The van der Waals surface area contributed by atoms with Gasteiger partial charge < -0.3 is 19.3 Å². The number of aromatic nitrogens is 5. The fraction of sp³-hybridized carbons (Fsp3) is 0.289. The summed E-state index contributed by atoms with van der Waals surface area (Å²) in [6.07, 6.45) is 9.95. The van der Waals surface area contributed by atoms with E-state index in [-0.39, 0.29) is 52.8 Å². The van der Waals surface area contributed by atoms with Gasteiger partial charge in [-0.2, -0.15) is 10.2 Å². The molecule has 2 unspecified atom stereocenters. The summed E-state index contributed by atoms with van der Waals surface area (Å²) in [5.74, 6) is -1.35. The van der Waals surface area contributed by atoms with E-state index in [9.17, 15) is 13.5 Å². The van der Waals surface area contributed by atoms with Gasteiger partial charge in [0.2, 0.25) is 0 Å². The Hall–Kier alpha value is -5.19. The van der Waals surface area contributed by atoms with E-state index in [4.69, 9.17) is 19.3 Å². The highest BCUT2D eigenvalue weighted by Crippen LogP contribution is 2.39. The van der Waals surface area contributed by atoms with E-state index in [1.54, 1.807) is 52.1 Å². The van der Waals surface area contributed by atoms with Crippen LogP contribution in [0.2, 0.25) is 0 Å². The molecule has 7 aromatic rings. The molecule has 1 N–H and O–H groups in total. The van der Waals surface area contributed by atoms with Gasteiger partial charge in [-0.3, -0.25) is 4.68 Å². The normalized spacial score (nSPS) is 15.4. The van der Waals surface area contributed by atoms with Crippen LogP contribution in [0.5, 0.6) is 11.5 Å². The van der Waals surface area contributed by atoms with Crippen LogP contribution in [0.3, 0.4) is 0 Å². The first-order valence-electron chi connectivity index (χ1n) is 19.7. The average molecular weight is 901 g/mol. The summed E-state index contributed by atoms with van der Waals surface area (Å²) < 4.78 is 83.6. The maximum atomic E-state index is 16.6. The quantitative estimate of drug-likeness (QED) is 0.108. The number of benzene rings is 4. The number of hydrogen-bond acceptors (Lipinski definition) is 8. The van der Waals surface area contributed by atoms with E-state index in [0.717, 1.165) is 44.9 Å². The van der Waals surface area contributed by atoms with Crippen LogP contribution in [-0.4, -0.2) is 62.5 Å². The van der Waals surface area contributed by atoms with Crippen LogP contribution < -0.4 is 4.74 Å². The summed E-state index contributed by atoms with van der Waals surface area (Å²) in [5, 5.41) is 19.5. The van der Waals surface area contributed by atoms with Crippen LogP contribution in [0.4, 0.5) is 8.78 Å². The first-order valence-corrected chi connectivity index (χ1v) is 21.9. The van der Waals surface area contributed by atoms with Crippen LogP contribution in [0.15, 0.2) is 125 Å². The lowest BCUT2D eigenvalue weighted by Crippen LogP contribution is -2.30.